The van der Waals surface area contributed by atoms with E-state index in [0.717, 1.165) is 24.0 Å². The molecular formula is C14H13FN2. The van der Waals surface area contributed by atoms with Crippen molar-refractivity contribution in [3.8, 4) is 0 Å². The molecular weight excluding hydrogens is 215 g/mol. The maximum Gasteiger partial charge on any atom is 0.141 e. The first-order valence-electron chi connectivity index (χ1n) is 5.68. The van der Waals surface area contributed by atoms with Crippen molar-refractivity contribution in [2.75, 3.05) is 0 Å². The lowest BCUT2D eigenvalue weighted by atomic mass is 9.86. The third-order valence-corrected chi connectivity index (χ3v) is 3.51. The van der Waals surface area contributed by atoms with Gasteiger partial charge in [-0.05, 0) is 35.6 Å². The molecule has 0 saturated carbocycles. The molecule has 1 aliphatic carbocycles. The van der Waals surface area contributed by atoms with E-state index in [9.17, 15) is 4.39 Å². The quantitative estimate of drug-likeness (QED) is 0.813. The Labute approximate surface area is 99.3 Å². The summed E-state index contributed by atoms with van der Waals surface area (Å²) in [6.07, 6.45) is 4.60. The average Bonchev–Trinajstić information content (AvgIpc) is 2.69. The zero-order chi connectivity index (χ0) is 11.9. The maximum atomic E-state index is 13.2. The smallest absolute Gasteiger partial charge is 0.141 e. The fourth-order valence-electron chi connectivity index (χ4n) is 2.60. The molecule has 1 atom stereocenters. The number of rotatable bonds is 1. The molecule has 1 aromatic heterocycles. The number of aromatic nitrogens is 1. The van der Waals surface area contributed by atoms with Crippen LogP contribution in [0.15, 0.2) is 42.7 Å². The van der Waals surface area contributed by atoms with Crippen LogP contribution in [0.2, 0.25) is 0 Å². The Morgan fingerprint density at radius 2 is 2.06 bits per heavy atom. The summed E-state index contributed by atoms with van der Waals surface area (Å²) in [7, 11) is 0. The molecule has 2 N–H and O–H groups in total. The Kier molecular flexibility index (Phi) is 2.23. The fraction of sp³-hybridized carbons (Fsp3) is 0.214. The van der Waals surface area contributed by atoms with Crippen LogP contribution >= 0.6 is 0 Å². The van der Waals surface area contributed by atoms with Crippen molar-refractivity contribution in [2.45, 2.75) is 18.4 Å². The molecule has 1 aromatic carbocycles. The molecule has 0 fully saturated rings. The van der Waals surface area contributed by atoms with E-state index >= 15 is 0 Å². The number of nitrogens with zero attached hydrogens (tertiary/aromatic N) is 1. The number of benzene rings is 1. The van der Waals surface area contributed by atoms with Crippen molar-refractivity contribution < 1.29 is 4.39 Å². The van der Waals surface area contributed by atoms with Gasteiger partial charge in [-0.1, -0.05) is 24.3 Å². The molecule has 1 unspecified atom stereocenters. The number of fused-ring (bicyclic) bond motifs is 1. The molecule has 86 valence electrons. The number of halogens is 1. The molecule has 0 saturated heterocycles. The van der Waals surface area contributed by atoms with Gasteiger partial charge in [-0.15, -0.1) is 0 Å². The summed E-state index contributed by atoms with van der Waals surface area (Å²) < 4.78 is 13.2. The fourth-order valence-corrected chi connectivity index (χ4v) is 2.60. The maximum absolute atomic E-state index is 13.2. The van der Waals surface area contributed by atoms with Crippen LogP contribution in [-0.4, -0.2) is 4.98 Å². The number of pyridine rings is 1. The van der Waals surface area contributed by atoms with E-state index < -0.39 is 5.54 Å². The van der Waals surface area contributed by atoms with Crippen LogP contribution in [0.4, 0.5) is 4.39 Å². The van der Waals surface area contributed by atoms with Crippen LogP contribution in [0.3, 0.4) is 0 Å². The Morgan fingerprint density at radius 1 is 1.24 bits per heavy atom. The first kappa shape index (κ1) is 10.4. The highest BCUT2D eigenvalue weighted by Gasteiger charge is 2.36. The van der Waals surface area contributed by atoms with Crippen molar-refractivity contribution in [3.63, 3.8) is 0 Å². The molecule has 2 aromatic rings. The first-order chi connectivity index (χ1) is 8.20. The van der Waals surface area contributed by atoms with Crippen molar-refractivity contribution in [1.82, 2.24) is 4.98 Å². The summed E-state index contributed by atoms with van der Waals surface area (Å²) in [5, 5.41) is 0. The largest absolute Gasteiger partial charge is 0.318 e. The van der Waals surface area contributed by atoms with Crippen molar-refractivity contribution in [3.05, 3.63) is 65.2 Å². The Morgan fingerprint density at radius 3 is 2.88 bits per heavy atom. The monoisotopic (exact) mass is 228 g/mol. The van der Waals surface area contributed by atoms with Gasteiger partial charge in [0.2, 0.25) is 0 Å². The molecule has 3 heteroatoms. The molecule has 17 heavy (non-hydrogen) atoms. The summed E-state index contributed by atoms with van der Waals surface area (Å²) in [6, 6.07) is 9.56. The van der Waals surface area contributed by atoms with Gasteiger partial charge in [0.15, 0.2) is 0 Å². The molecule has 1 heterocycles. The van der Waals surface area contributed by atoms with Crippen LogP contribution in [0, 0.1) is 5.82 Å². The highest BCUT2D eigenvalue weighted by Crippen LogP contribution is 2.39. The second-order valence-corrected chi connectivity index (χ2v) is 4.52. The van der Waals surface area contributed by atoms with Gasteiger partial charge in [0.25, 0.3) is 0 Å². The van der Waals surface area contributed by atoms with Crippen molar-refractivity contribution >= 4 is 0 Å². The zero-order valence-corrected chi connectivity index (χ0v) is 9.36. The number of hydrogen-bond acceptors (Lipinski definition) is 2. The summed E-state index contributed by atoms with van der Waals surface area (Å²) in [6.45, 7) is 0. The topological polar surface area (TPSA) is 38.9 Å². The molecule has 3 rings (SSSR count). The number of nitrogens with two attached hydrogens (primary N) is 1. The van der Waals surface area contributed by atoms with Gasteiger partial charge in [0, 0.05) is 6.20 Å². The third-order valence-electron chi connectivity index (χ3n) is 3.51. The second-order valence-electron chi connectivity index (χ2n) is 4.52. The van der Waals surface area contributed by atoms with Gasteiger partial charge in [0.1, 0.15) is 5.82 Å². The lowest BCUT2D eigenvalue weighted by Crippen LogP contribution is -2.35. The number of hydrogen-bond donors (Lipinski definition) is 1. The van der Waals surface area contributed by atoms with Gasteiger partial charge < -0.3 is 5.73 Å². The lowest BCUT2D eigenvalue weighted by Gasteiger charge is -2.25. The highest BCUT2D eigenvalue weighted by molar-refractivity contribution is 5.45. The Balaban J connectivity index is 2.15. The van der Waals surface area contributed by atoms with E-state index in [0.29, 0.717) is 0 Å². The van der Waals surface area contributed by atoms with Gasteiger partial charge >= 0.3 is 0 Å². The van der Waals surface area contributed by atoms with Gasteiger partial charge in [0.05, 0.1) is 11.7 Å². The van der Waals surface area contributed by atoms with Crippen LogP contribution in [0.25, 0.3) is 0 Å². The van der Waals surface area contributed by atoms with Gasteiger partial charge in [-0.3, -0.25) is 4.98 Å². The van der Waals surface area contributed by atoms with E-state index in [-0.39, 0.29) is 5.82 Å². The van der Waals surface area contributed by atoms with E-state index in [4.69, 9.17) is 5.73 Å². The molecule has 2 nitrogen and oxygen atoms in total. The predicted octanol–water partition coefficient (Wildman–Crippen LogP) is 2.37. The van der Waals surface area contributed by atoms with Crippen LogP contribution in [0.1, 0.15) is 23.1 Å². The van der Waals surface area contributed by atoms with E-state index in [1.807, 2.05) is 18.2 Å². The van der Waals surface area contributed by atoms with Crippen LogP contribution in [0.5, 0.6) is 0 Å². The average molecular weight is 228 g/mol. The lowest BCUT2D eigenvalue weighted by molar-refractivity contribution is 0.523. The van der Waals surface area contributed by atoms with Crippen molar-refractivity contribution in [2.24, 2.45) is 5.73 Å². The first-order valence-corrected chi connectivity index (χ1v) is 5.68. The summed E-state index contributed by atoms with van der Waals surface area (Å²) in [5.74, 6) is -0.336. The minimum absolute atomic E-state index is 0.336. The summed E-state index contributed by atoms with van der Waals surface area (Å²) in [5.41, 5.74) is 8.95. The summed E-state index contributed by atoms with van der Waals surface area (Å²) in [4.78, 5) is 3.89. The normalized spacial score (nSPS) is 22.5. The molecule has 0 radical (unpaired) electrons. The second kappa shape index (κ2) is 3.64. The third kappa shape index (κ3) is 1.54. The minimum Gasteiger partial charge on any atom is -0.318 e. The van der Waals surface area contributed by atoms with Gasteiger partial charge in [-0.2, -0.15) is 0 Å². The molecule has 0 bridgehead atoms. The van der Waals surface area contributed by atoms with E-state index in [1.165, 1.54) is 17.8 Å². The number of aryl methyl sites for hydroxylation is 1. The van der Waals surface area contributed by atoms with E-state index in [2.05, 4.69) is 11.1 Å². The summed E-state index contributed by atoms with van der Waals surface area (Å²) >= 11 is 0. The highest BCUT2D eigenvalue weighted by atomic mass is 19.1. The molecule has 0 amide bonds. The zero-order valence-electron chi connectivity index (χ0n) is 9.36. The molecule has 1 aliphatic rings. The molecule has 0 spiro atoms. The standard InChI is InChI=1S/C14H13FN2/c15-12-7-11(8-17-9-12)14(16)6-5-10-3-1-2-4-13(10)14/h1-4,7-9H,5-6,16H2. The van der Waals surface area contributed by atoms with Crippen LogP contribution < -0.4 is 5.73 Å². The molecule has 0 aliphatic heterocycles. The Bertz CT molecular complexity index is 568. The van der Waals surface area contributed by atoms with Gasteiger partial charge in [-0.25, -0.2) is 4.39 Å². The SMILES string of the molecule is NC1(c2cncc(F)c2)CCc2ccccc21. The predicted molar refractivity (Wildman–Crippen MR) is 63.9 cm³/mol. The van der Waals surface area contributed by atoms with Crippen molar-refractivity contribution in [1.29, 1.82) is 0 Å². The Hall–Kier alpha value is -1.74. The van der Waals surface area contributed by atoms with E-state index in [1.54, 1.807) is 6.20 Å². The van der Waals surface area contributed by atoms with Crippen LogP contribution in [-0.2, 0) is 12.0 Å². The minimum atomic E-state index is -0.592.